The van der Waals surface area contributed by atoms with Gasteiger partial charge in [0.1, 0.15) is 0 Å². The Morgan fingerprint density at radius 3 is 2.68 bits per heavy atom. The van der Waals surface area contributed by atoms with E-state index in [1.807, 2.05) is 6.92 Å². The van der Waals surface area contributed by atoms with Gasteiger partial charge < -0.3 is 9.84 Å². The van der Waals surface area contributed by atoms with E-state index in [-0.39, 0.29) is 17.4 Å². The first-order valence-corrected chi connectivity index (χ1v) is 7.79. The molecule has 1 aromatic carbocycles. The van der Waals surface area contributed by atoms with Gasteiger partial charge in [0.25, 0.3) is 0 Å². The van der Waals surface area contributed by atoms with Crippen molar-refractivity contribution in [2.24, 2.45) is 5.92 Å². The number of benzene rings is 1. The number of hydrogen-bond acceptors (Lipinski definition) is 4. The lowest BCUT2D eigenvalue weighted by atomic mass is 9.99. The smallest absolute Gasteiger partial charge is 0.240 e. The van der Waals surface area contributed by atoms with E-state index in [1.54, 1.807) is 24.3 Å². The van der Waals surface area contributed by atoms with Gasteiger partial charge in [-0.2, -0.15) is 0 Å². The molecule has 1 aliphatic heterocycles. The summed E-state index contributed by atoms with van der Waals surface area (Å²) >= 11 is 0. The third-order valence-corrected chi connectivity index (χ3v) is 4.74. The maximum Gasteiger partial charge on any atom is 0.240 e. The molecule has 1 saturated heterocycles. The largest absolute Gasteiger partial charge is 0.393 e. The van der Waals surface area contributed by atoms with Crippen LogP contribution in [-0.2, 0) is 14.8 Å². The van der Waals surface area contributed by atoms with Gasteiger partial charge in [-0.3, -0.25) is 0 Å². The average Bonchev–Trinajstić information content (AvgIpc) is 2.38. The van der Waals surface area contributed by atoms with Crippen LogP contribution in [0.25, 0.3) is 0 Å². The maximum atomic E-state index is 12.1. The summed E-state index contributed by atoms with van der Waals surface area (Å²) in [5.41, 5.74) is 1.01. The van der Waals surface area contributed by atoms with Crippen LogP contribution in [-0.4, -0.2) is 39.4 Å². The minimum atomic E-state index is -3.52. The van der Waals surface area contributed by atoms with Crippen LogP contribution in [0.3, 0.4) is 0 Å². The second-order valence-corrected chi connectivity index (χ2v) is 6.62. The van der Waals surface area contributed by atoms with Gasteiger partial charge in [-0.1, -0.05) is 17.7 Å². The zero-order valence-corrected chi connectivity index (χ0v) is 11.7. The lowest BCUT2D eigenvalue weighted by Gasteiger charge is -2.27. The first kappa shape index (κ1) is 14.5. The number of ether oxygens (including phenoxy) is 1. The predicted molar refractivity (Wildman–Crippen MR) is 71.3 cm³/mol. The van der Waals surface area contributed by atoms with Crippen LogP contribution in [0.4, 0.5) is 0 Å². The molecule has 106 valence electrons. The minimum absolute atomic E-state index is 0.186. The zero-order valence-electron chi connectivity index (χ0n) is 10.9. The molecule has 6 heteroatoms. The fourth-order valence-electron chi connectivity index (χ4n) is 2.00. The van der Waals surface area contributed by atoms with Crippen molar-refractivity contribution in [3.8, 4) is 0 Å². The highest BCUT2D eigenvalue weighted by atomic mass is 32.2. The van der Waals surface area contributed by atoms with Gasteiger partial charge in [0.2, 0.25) is 10.0 Å². The van der Waals surface area contributed by atoms with Crippen LogP contribution in [0, 0.1) is 12.8 Å². The Morgan fingerprint density at radius 1 is 1.37 bits per heavy atom. The molecule has 19 heavy (non-hydrogen) atoms. The summed E-state index contributed by atoms with van der Waals surface area (Å²) in [7, 11) is -3.52. The van der Waals surface area contributed by atoms with Crippen LogP contribution >= 0.6 is 0 Å². The number of hydrogen-bond donors (Lipinski definition) is 2. The topological polar surface area (TPSA) is 75.6 Å². The molecule has 0 aromatic heterocycles. The monoisotopic (exact) mass is 285 g/mol. The summed E-state index contributed by atoms with van der Waals surface area (Å²) in [6.45, 7) is 3.01. The molecule has 0 spiro atoms. The SMILES string of the molecule is Cc1ccc(S(=O)(=O)NC[C@@H]2COCC[C@H]2O)cc1. The minimum Gasteiger partial charge on any atom is -0.393 e. The van der Waals surface area contributed by atoms with E-state index in [4.69, 9.17) is 4.74 Å². The van der Waals surface area contributed by atoms with Gasteiger partial charge in [-0.25, -0.2) is 13.1 Å². The normalized spacial score (nSPS) is 24.3. The van der Waals surface area contributed by atoms with E-state index in [0.29, 0.717) is 19.6 Å². The maximum absolute atomic E-state index is 12.1. The number of nitrogens with one attached hydrogen (secondary N) is 1. The molecule has 1 fully saturated rings. The van der Waals surface area contributed by atoms with Crippen LogP contribution < -0.4 is 4.72 Å². The molecule has 1 aliphatic rings. The van der Waals surface area contributed by atoms with E-state index in [2.05, 4.69) is 4.72 Å². The number of rotatable bonds is 4. The molecule has 2 atom stereocenters. The Hall–Kier alpha value is -0.950. The lowest BCUT2D eigenvalue weighted by molar-refractivity contribution is -0.0328. The van der Waals surface area contributed by atoms with Gasteiger partial charge in [-0.15, -0.1) is 0 Å². The van der Waals surface area contributed by atoms with Gasteiger partial charge in [-0.05, 0) is 25.5 Å². The van der Waals surface area contributed by atoms with Crippen molar-refractivity contribution in [3.05, 3.63) is 29.8 Å². The summed E-state index contributed by atoms with van der Waals surface area (Å²) in [5.74, 6) is -0.186. The van der Waals surface area contributed by atoms with E-state index in [1.165, 1.54) is 0 Å². The Bertz CT molecular complexity index is 512. The highest BCUT2D eigenvalue weighted by Gasteiger charge is 2.25. The van der Waals surface area contributed by atoms with Crippen molar-refractivity contribution in [2.75, 3.05) is 19.8 Å². The van der Waals surface area contributed by atoms with E-state index in [9.17, 15) is 13.5 Å². The molecule has 1 aromatic rings. The lowest BCUT2D eigenvalue weighted by Crippen LogP contribution is -2.40. The molecule has 0 radical (unpaired) electrons. The Labute approximate surface area is 113 Å². The molecular formula is C13H19NO4S. The average molecular weight is 285 g/mol. The number of aryl methyl sites for hydroxylation is 1. The fourth-order valence-corrected chi connectivity index (χ4v) is 3.09. The number of sulfonamides is 1. The van der Waals surface area contributed by atoms with Gasteiger partial charge in [0, 0.05) is 19.1 Å². The molecular weight excluding hydrogens is 266 g/mol. The first-order valence-electron chi connectivity index (χ1n) is 6.31. The molecule has 0 saturated carbocycles. The van der Waals surface area contributed by atoms with Gasteiger partial charge >= 0.3 is 0 Å². The zero-order chi connectivity index (χ0) is 13.9. The molecule has 0 amide bonds. The van der Waals surface area contributed by atoms with E-state index < -0.39 is 16.1 Å². The van der Waals surface area contributed by atoms with Crippen molar-refractivity contribution in [1.82, 2.24) is 4.72 Å². The molecule has 2 rings (SSSR count). The number of aliphatic hydroxyl groups is 1. The van der Waals surface area contributed by atoms with Crippen LogP contribution in [0.1, 0.15) is 12.0 Å². The van der Waals surface area contributed by atoms with Crippen molar-refractivity contribution in [2.45, 2.75) is 24.3 Å². The Balaban J connectivity index is 1.99. The van der Waals surface area contributed by atoms with Gasteiger partial charge in [0.15, 0.2) is 0 Å². The van der Waals surface area contributed by atoms with Crippen LogP contribution in [0.15, 0.2) is 29.2 Å². The summed E-state index contributed by atoms with van der Waals surface area (Å²) in [4.78, 5) is 0.240. The quantitative estimate of drug-likeness (QED) is 0.852. The highest BCUT2D eigenvalue weighted by Crippen LogP contribution is 2.15. The van der Waals surface area contributed by atoms with Crippen molar-refractivity contribution < 1.29 is 18.3 Å². The summed E-state index contributed by atoms with van der Waals surface area (Å²) in [6, 6.07) is 6.66. The molecule has 5 nitrogen and oxygen atoms in total. The van der Waals surface area contributed by atoms with Crippen LogP contribution in [0.5, 0.6) is 0 Å². The standard InChI is InChI=1S/C13H19NO4S/c1-10-2-4-12(5-3-10)19(16,17)14-8-11-9-18-7-6-13(11)15/h2-5,11,13-15H,6-9H2,1H3/t11-,13-/m1/s1. The molecule has 0 aliphatic carbocycles. The summed E-state index contributed by atoms with van der Waals surface area (Å²) < 4.78 is 31.9. The third kappa shape index (κ3) is 3.76. The number of aliphatic hydroxyl groups excluding tert-OH is 1. The molecule has 1 heterocycles. The Kier molecular flexibility index (Phi) is 4.57. The third-order valence-electron chi connectivity index (χ3n) is 3.30. The van der Waals surface area contributed by atoms with Crippen molar-refractivity contribution >= 4 is 10.0 Å². The molecule has 0 bridgehead atoms. The summed E-state index contributed by atoms with van der Waals surface area (Å²) in [5, 5.41) is 9.76. The fraction of sp³-hybridized carbons (Fsp3) is 0.538. The molecule has 0 unspecified atom stereocenters. The van der Waals surface area contributed by atoms with E-state index in [0.717, 1.165) is 5.56 Å². The second kappa shape index (κ2) is 6.00. The van der Waals surface area contributed by atoms with E-state index >= 15 is 0 Å². The van der Waals surface area contributed by atoms with Crippen molar-refractivity contribution in [3.63, 3.8) is 0 Å². The summed E-state index contributed by atoms with van der Waals surface area (Å²) in [6.07, 6.45) is 0.0474. The second-order valence-electron chi connectivity index (χ2n) is 4.86. The molecule has 2 N–H and O–H groups in total. The highest BCUT2D eigenvalue weighted by molar-refractivity contribution is 7.89. The van der Waals surface area contributed by atoms with Crippen molar-refractivity contribution in [1.29, 1.82) is 0 Å². The van der Waals surface area contributed by atoms with Gasteiger partial charge in [0.05, 0.1) is 17.6 Å². The Morgan fingerprint density at radius 2 is 2.05 bits per heavy atom. The van der Waals surface area contributed by atoms with Crippen LogP contribution in [0.2, 0.25) is 0 Å². The first-order chi connectivity index (χ1) is 8.99. The predicted octanol–water partition coefficient (Wildman–Crippen LogP) is 0.671.